The second kappa shape index (κ2) is 3.40. The molecule has 1 spiro atoms. The largest absolute Gasteiger partial charge is 0.318 e. The number of nitrogens with zero attached hydrogens (tertiary/aromatic N) is 2. The molecule has 12 heavy (non-hydrogen) atoms. The summed E-state index contributed by atoms with van der Waals surface area (Å²) in [4.78, 5) is 2.35. The molecule has 2 N–H and O–H groups in total. The first kappa shape index (κ1) is 9.18. The van der Waals surface area contributed by atoms with E-state index in [1.54, 1.807) is 0 Å². The predicted octanol–water partition coefficient (Wildman–Crippen LogP) is 0.650. The number of halogens is 1. The van der Waals surface area contributed by atoms with Gasteiger partial charge in [0.05, 0.1) is 0 Å². The quantitative estimate of drug-likeness (QED) is 0.566. The maximum absolute atomic E-state index is 5.59. The zero-order valence-electron chi connectivity index (χ0n) is 7.30. The van der Waals surface area contributed by atoms with Gasteiger partial charge in [0.15, 0.2) is 0 Å². The summed E-state index contributed by atoms with van der Waals surface area (Å²) in [6.07, 6.45) is 2.70. The average molecular weight is 281 g/mol. The minimum Gasteiger partial charge on any atom is -0.318 e. The highest BCUT2D eigenvalue weighted by Crippen LogP contribution is 2.41. The van der Waals surface area contributed by atoms with Gasteiger partial charge in [0.1, 0.15) is 0 Å². The van der Waals surface area contributed by atoms with E-state index >= 15 is 0 Å². The van der Waals surface area contributed by atoms with Gasteiger partial charge in [0.25, 0.3) is 0 Å². The molecule has 2 heterocycles. The predicted molar refractivity (Wildman–Crippen MR) is 57.9 cm³/mol. The van der Waals surface area contributed by atoms with Crippen molar-refractivity contribution >= 4 is 22.9 Å². The summed E-state index contributed by atoms with van der Waals surface area (Å²) in [6.45, 7) is 5.75. The lowest BCUT2D eigenvalue weighted by atomic mass is 9.73. The fourth-order valence-electron chi connectivity index (χ4n) is 2.21. The Labute approximate surface area is 87.8 Å². The first-order valence-corrected chi connectivity index (χ1v) is 5.54. The van der Waals surface area contributed by atoms with E-state index in [1.165, 1.54) is 39.0 Å². The summed E-state index contributed by atoms with van der Waals surface area (Å²) in [5.41, 5.74) is 6.27. The van der Waals surface area contributed by atoms with Crippen LogP contribution in [0, 0.1) is 5.41 Å². The maximum Gasteiger partial charge on any atom is 0.0455 e. The molecule has 0 saturated carbocycles. The van der Waals surface area contributed by atoms with Crippen molar-refractivity contribution in [3.05, 3.63) is 0 Å². The lowest BCUT2D eigenvalue weighted by Gasteiger charge is -2.51. The number of rotatable bonds is 1. The molecular formula is C8H16IN3. The normalized spacial score (nSPS) is 30.5. The molecule has 2 rings (SSSR count). The van der Waals surface area contributed by atoms with Crippen LogP contribution in [-0.2, 0) is 0 Å². The second-order valence-corrected chi connectivity index (χ2v) is 5.44. The van der Waals surface area contributed by atoms with Crippen LogP contribution >= 0.6 is 22.9 Å². The molecule has 2 fully saturated rings. The van der Waals surface area contributed by atoms with Gasteiger partial charge in [-0.15, -0.1) is 0 Å². The van der Waals surface area contributed by atoms with Gasteiger partial charge in [0.2, 0.25) is 0 Å². The van der Waals surface area contributed by atoms with E-state index in [9.17, 15) is 0 Å². The molecule has 0 aromatic carbocycles. The third-order valence-electron chi connectivity index (χ3n) is 3.19. The summed E-state index contributed by atoms with van der Waals surface area (Å²) in [6, 6.07) is 0. The molecule has 70 valence electrons. The first-order chi connectivity index (χ1) is 5.74. The zero-order valence-corrected chi connectivity index (χ0v) is 9.46. The van der Waals surface area contributed by atoms with Crippen molar-refractivity contribution in [3.8, 4) is 0 Å². The zero-order chi connectivity index (χ0) is 8.60. The monoisotopic (exact) mass is 281 g/mol. The van der Waals surface area contributed by atoms with E-state index < -0.39 is 0 Å². The molecule has 0 amide bonds. The topological polar surface area (TPSA) is 32.5 Å². The van der Waals surface area contributed by atoms with E-state index in [4.69, 9.17) is 5.73 Å². The summed E-state index contributed by atoms with van der Waals surface area (Å²) in [5, 5.41) is 0. The molecule has 2 aliphatic rings. The molecule has 4 heteroatoms. The molecule has 0 aromatic heterocycles. The van der Waals surface area contributed by atoms with Crippen molar-refractivity contribution in [2.45, 2.75) is 12.8 Å². The van der Waals surface area contributed by atoms with E-state index in [1.807, 2.05) is 0 Å². The third kappa shape index (κ3) is 1.62. The molecule has 2 aliphatic heterocycles. The molecule has 0 radical (unpaired) electrons. The number of likely N-dealkylation sites (tertiary alicyclic amines) is 1. The molecule has 3 nitrogen and oxygen atoms in total. The number of piperidine rings is 1. The van der Waals surface area contributed by atoms with Crippen molar-refractivity contribution in [2.75, 3.05) is 32.8 Å². The standard InChI is InChI=1S/C8H16IN3/c9-12-5-8(6-12)1-3-11(7-10)4-2-8/h1-7,10H2. The van der Waals surface area contributed by atoms with Crippen molar-refractivity contribution in [1.29, 1.82) is 0 Å². The van der Waals surface area contributed by atoms with Crippen LogP contribution in [0.4, 0.5) is 0 Å². The van der Waals surface area contributed by atoms with Crippen LogP contribution in [0.3, 0.4) is 0 Å². The van der Waals surface area contributed by atoms with Gasteiger partial charge in [-0.05, 0) is 31.3 Å². The third-order valence-corrected chi connectivity index (χ3v) is 3.87. The smallest absolute Gasteiger partial charge is 0.0455 e. The van der Waals surface area contributed by atoms with Crippen LogP contribution < -0.4 is 5.73 Å². The van der Waals surface area contributed by atoms with Crippen molar-refractivity contribution in [2.24, 2.45) is 11.1 Å². The van der Waals surface area contributed by atoms with Crippen LogP contribution in [0.2, 0.25) is 0 Å². The Morgan fingerprint density at radius 1 is 1.25 bits per heavy atom. The Balaban J connectivity index is 1.83. The maximum atomic E-state index is 5.59. The Bertz CT molecular complexity index is 158. The Morgan fingerprint density at radius 2 is 1.83 bits per heavy atom. The van der Waals surface area contributed by atoms with E-state index in [2.05, 4.69) is 30.9 Å². The average Bonchev–Trinajstić information content (AvgIpc) is 2.04. The van der Waals surface area contributed by atoms with Gasteiger partial charge in [-0.2, -0.15) is 0 Å². The SMILES string of the molecule is NCN1CCC2(CC1)CN(I)C2. The molecule has 0 unspecified atom stereocenters. The van der Waals surface area contributed by atoms with Crippen LogP contribution in [0.25, 0.3) is 0 Å². The van der Waals surface area contributed by atoms with E-state index in [0.29, 0.717) is 5.41 Å². The van der Waals surface area contributed by atoms with Gasteiger partial charge in [-0.25, -0.2) is 3.11 Å². The second-order valence-electron chi connectivity index (χ2n) is 4.08. The van der Waals surface area contributed by atoms with Crippen LogP contribution in [0.5, 0.6) is 0 Å². The molecular weight excluding hydrogens is 265 g/mol. The number of nitrogens with two attached hydrogens (primary N) is 1. The minimum absolute atomic E-state index is 0.673. The summed E-state index contributed by atoms with van der Waals surface area (Å²) >= 11 is 2.42. The minimum atomic E-state index is 0.673. The number of hydrogen-bond donors (Lipinski definition) is 1. The van der Waals surface area contributed by atoms with Crippen LogP contribution in [0.1, 0.15) is 12.8 Å². The van der Waals surface area contributed by atoms with Crippen LogP contribution in [0.15, 0.2) is 0 Å². The fraction of sp³-hybridized carbons (Fsp3) is 1.00. The van der Waals surface area contributed by atoms with Gasteiger partial charge in [-0.3, -0.25) is 4.90 Å². The Morgan fingerprint density at radius 3 is 2.25 bits per heavy atom. The highest BCUT2D eigenvalue weighted by atomic mass is 127. The summed E-state index contributed by atoms with van der Waals surface area (Å²) in [5.74, 6) is 0. The molecule has 0 bridgehead atoms. The van der Waals surface area contributed by atoms with Gasteiger partial charge in [-0.1, -0.05) is 0 Å². The molecule has 0 aromatic rings. The lowest BCUT2D eigenvalue weighted by Crippen LogP contribution is -2.57. The van der Waals surface area contributed by atoms with E-state index in [0.717, 1.165) is 6.67 Å². The summed E-state index contributed by atoms with van der Waals surface area (Å²) in [7, 11) is 0. The van der Waals surface area contributed by atoms with Gasteiger partial charge in [0, 0.05) is 42.6 Å². The van der Waals surface area contributed by atoms with Gasteiger partial charge >= 0.3 is 0 Å². The Kier molecular flexibility index (Phi) is 2.60. The highest BCUT2D eigenvalue weighted by Gasteiger charge is 2.43. The van der Waals surface area contributed by atoms with Crippen molar-refractivity contribution in [3.63, 3.8) is 0 Å². The van der Waals surface area contributed by atoms with Crippen LogP contribution in [-0.4, -0.2) is 40.9 Å². The van der Waals surface area contributed by atoms with Crippen molar-refractivity contribution in [1.82, 2.24) is 8.01 Å². The van der Waals surface area contributed by atoms with E-state index in [-0.39, 0.29) is 0 Å². The molecule has 0 aliphatic carbocycles. The lowest BCUT2D eigenvalue weighted by molar-refractivity contribution is 0.0166. The molecule has 2 saturated heterocycles. The fourth-order valence-corrected chi connectivity index (χ4v) is 3.66. The van der Waals surface area contributed by atoms with Gasteiger partial charge < -0.3 is 5.73 Å². The highest BCUT2D eigenvalue weighted by molar-refractivity contribution is 14.1. The molecule has 0 atom stereocenters. The Hall–Kier alpha value is 0.610. The first-order valence-electron chi connectivity index (χ1n) is 4.57. The summed E-state index contributed by atoms with van der Waals surface area (Å²) < 4.78 is 2.38. The van der Waals surface area contributed by atoms with Crippen molar-refractivity contribution < 1.29 is 0 Å². The number of hydrogen-bond acceptors (Lipinski definition) is 3.